The fourth-order valence-corrected chi connectivity index (χ4v) is 5.66. The Morgan fingerprint density at radius 2 is 1.10 bits per heavy atom. The lowest BCUT2D eigenvalue weighted by molar-refractivity contribution is 0.414. The third-order valence-electron chi connectivity index (χ3n) is 8.31. The van der Waals surface area contributed by atoms with Gasteiger partial charge in [-0.2, -0.15) is 0 Å². The Balaban J connectivity index is 0.00000248. The molecule has 0 bridgehead atoms. The van der Waals surface area contributed by atoms with Crippen molar-refractivity contribution in [2.75, 3.05) is 28.4 Å². The molecule has 8 heteroatoms. The summed E-state index contributed by atoms with van der Waals surface area (Å²) in [4.78, 5) is 13.3. The summed E-state index contributed by atoms with van der Waals surface area (Å²) in [6, 6.07) is 39.8. The van der Waals surface area contributed by atoms with Crippen LogP contribution in [0, 0.1) is 0 Å². The number of ether oxygens (including phenoxy) is 4. The number of hydrogen-bond donors (Lipinski definition) is 2. The molecule has 0 aliphatic rings. The van der Waals surface area contributed by atoms with Crippen molar-refractivity contribution in [2.45, 2.75) is 20.4 Å². The second-order valence-electron chi connectivity index (χ2n) is 11.1. The Morgan fingerprint density at radius 1 is 0.627 bits per heavy atom. The molecule has 5 aromatic carbocycles. The van der Waals surface area contributed by atoms with E-state index in [1.807, 2.05) is 123 Å². The predicted molar refractivity (Wildman–Crippen MR) is 209 cm³/mol. The number of H-pyrrole nitrogens is 1. The first-order chi connectivity index (χ1) is 25.0. The zero-order valence-electron chi connectivity index (χ0n) is 30.0. The normalized spacial score (nSPS) is 11.0. The maximum atomic E-state index is 5.43. The number of imidazole rings is 1. The van der Waals surface area contributed by atoms with Crippen LogP contribution >= 0.6 is 0 Å². The minimum absolute atomic E-state index is 0.489. The van der Waals surface area contributed by atoms with Gasteiger partial charge in [0, 0.05) is 34.4 Å². The standard InChI is InChI=1S/C41H38N4O4.C2H6/c1-42-37(27-10-18-32(46-2)19-11-27)38(28-12-20-33(47-3)21-13-28)43-26-31-8-6-7-9-36(31)41-44-39(29-14-22-34(48-4)23-15-29)40(45-41)30-16-24-35(49-5)25-17-30;1-2/h6-25,43H,1,26H2,2-5H3,(H,44,45);1-2H3/b38-37-;. The molecule has 0 saturated carbocycles. The number of hydrogen-bond acceptors (Lipinski definition) is 7. The van der Waals surface area contributed by atoms with Crippen LogP contribution in [0.25, 0.3) is 45.3 Å². The van der Waals surface area contributed by atoms with Crippen molar-refractivity contribution in [3.8, 4) is 56.9 Å². The van der Waals surface area contributed by atoms with Gasteiger partial charge in [-0.05, 0) is 109 Å². The molecule has 0 unspecified atom stereocenters. The molecule has 1 heterocycles. The second-order valence-corrected chi connectivity index (χ2v) is 11.1. The van der Waals surface area contributed by atoms with Crippen molar-refractivity contribution in [1.29, 1.82) is 0 Å². The number of rotatable bonds is 13. The molecule has 0 aliphatic carbocycles. The third-order valence-corrected chi connectivity index (χ3v) is 8.31. The van der Waals surface area contributed by atoms with Gasteiger partial charge in [0.25, 0.3) is 0 Å². The molecule has 0 amide bonds. The van der Waals surface area contributed by atoms with E-state index < -0.39 is 0 Å². The lowest BCUT2D eigenvalue weighted by atomic mass is 10.0. The Labute approximate surface area is 300 Å². The Bertz CT molecular complexity index is 1980. The maximum Gasteiger partial charge on any atom is 0.138 e. The summed E-state index contributed by atoms with van der Waals surface area (Å²) in [5, 5.41) is 3.69. The average Bonchev–Trinajstić information content (AvgIpc) is 3.66. The molecule has 2 N–H and O–H groups in total. The van der Waals surface area contributed by atoms with Crippen molar-refractivity contribution in [3.63, 3.8) is 0 Å². The van der Waals surface area contributed by atoms with E-state index in [0.29, 0.717) is 12.2 Å². The average molecular weight is 681 g/mol. The minimum Gasteiger partial charge on any atom is -0.497 e. The van der Waals surface area contributed by atoms with Crippen LogP contribution in [0.15, 0.2) is 126 Å². The molecule has 0 atom stereocenters. The zero-order chi connectivity index (χ0) is 36.2. The minimum atomic E-state index is 0.489. The zero-order valence-corrected chi connectivity index (χ0v) is 30.0. The summed E-state index contributed by atoms with van der Waals surface area (Å²) >= 11 is 0. The van der Waals surface area contributed by atoms with Crippen molar-refractivity contribution >= 4 is 18.1 Å². The largest absolute Gasteiger partial charge is 0.497 e. The van der Waals surface area contributed by atoms with E-state index >= 15 is 0 Å². The third kappa shape index (κ3) is 8.31. The Morgan fingerprint density at radius 3 is 1.61 bits per heavy atom. The molecule has 0 aliphatic heterocycles. The number of aliphatic imine (C=N–C) groups is 1. The van der Waals surface area contributed by atoms with E-state index in [4.69, 9.17) is 23.9 Å². The van der Waals surface area contributed by atoms with Crippen LogP contribution in [0.3, 0.4) is 0 Å². The van der Waals surface area contributed by atoms with Gasteiger partial charge in [-0.3, -0.25) is 4.99 Å². The van der Waals surface area contributed by atoms with Crippen molar-refractivity contribution in [3.05, 3.63) is 138 Å². The molecule has 1 aromatic heterocycles. The molecule has 260 valence electrons. The quantitative estimate of drug-likeness (QED) is 0.0933. The molecule has 6 rings (SSSR count). The molecule has 8 nitrogen and oxygen atoms in total. The second kappa shape index (κ2) is 17.4. The fraction of sp³-hybridized carbons (Fsp3) is 0.163. The van der Waals surface area contributed by atoms with Crippen LogP contribution in [-0.2, 0) is 6.54 Å². The monoisotopic (exact) mass is 680 g/mol. The molecular weight excluding hydrogens is 636 g/mol. The molecule has 0 saturated heterocycles. The van der Waals surface area contributed by atoms with Crippen LogP contribution in [0.5, 0.6) is 23.0 Å². The van der Waals surface area contributed by atoms with Gasteiger partial charge in [-0.1, -0.05) is 38.1 Å². The molecule has 0 fully saturated rings. The number of methoxy groups -OCH3 is 4. The van der Waals surface area contributed by atoms with Gasteiger partial charge in [-0.25, -0.2) is 4.98 Å². The number of aromatic nitrogens is 2. The van der Waals surface area contributed by atoms with E-state index in [2.05, 4.69) is 34.1 Å². The number of benzene rings is 5. The molecule has 0 radical (unpaired) electrons. The lowest BCUT2D eigenvalue weighted by Gasteiger charge is -2.17. The van der Waals surface area contributed by atoms with Gasteiger partial charge in [0.1, 0.15) is 28.8 Å². The van der Waals surface area contributed by atoms with Gasteiger partial charge >= 0.3 is 0 Å². The van der Waals surface area contributed by atoms with Crippen molar-refractivity contribution in [1.82, 2.24) is 15.3 Å². The molecule has 51 heavy (non-hydrogen) atoms. The maximum absolute atomic E-state index is 5.43. The molecule has 0 spiro atoms. The number of aromatic amines is 1. The summed E-state index contributed by atoms with van der Waals surface area (Å²) < 4.78 is 21.6. The number of nitrogens with one attached hydrogen (secondary N) is 2. The predicted octanol–water partition coefficient (Wildman–Crippen LogP) is 9.79. The fourth-order valence-electron chi connectivity index (χ4n) is 5.66. The smallest absolute Gasteiger partial charge is 0.138 e. The first kappa shape index (κ1) is 36.0. The SMILES string of the molecule is C=N/C(=C(\NCc1ccccc1-c1nc(-c2ccc(OC)cc2)c(-c2ccc(OC)cc2)[nH]1)c1ccc(OC)cc1)c1ccc(OC)cc1.CC. The van der Waals surface area contributed by atoms with Gasteiger partial charge in [0.15, 0.2) is 0 Å². The van der Waals surface area contributed by atoms with Crippen LogP contribution in [-0.4, -0.2) is 45.1 Å². The molecule has 6 aromatic rings. The highest BCUT2D eigenvalue weighted by atomic mass is 16.5. The van der Waals surface area contributed by atoms with Crippen LogP contribution < -0.4 is 24.3 Å². The molecular formula is C43H44N4O4. The number of nitrogens with zero attached hydrogens (tertiary/aromatic N) is 2. The summed E-state index contributed by atoms with van der Waals surface area (Å²) in [6.45, 7) is 8.43. The highest BCUT2D eigenvalue weighted by molar-refractivity contribution is 5.91. The lowest BCUT2D eigenvalue weighted by Crippen LogP contribution is -2.14. The van der Waals surface area contributed by atoms with Crippen molar-refractivity contribution in [2.24, 2.45) is 4.99 Å². The van der Waals surface area contributed by atoms with Gasteiger partial charge in [0.05, 0.1) is 51.2 Å². The summed E-state index contributed by atoms with van der Waals surface area (Å²) in [5.41, 5.74) is 9.10. The van der Waals surface area contributed by atoms with Crippen LogP contribution in [0.2, 0.25) is 0 Å². The van der Waals surface area contributed by atoms with Crippen LogP contribution in [0.1, 0.15) is 30.5 Å². The van der Waals surface area contributed by atoms with Gasteiger partial charge < -0.3 is 29.2 Å². The van der Waals surface area contributed by atoms with E-state index in [1.165, 1.54) is 0 Å². The highest BCUT2D eigenvalue weighted by Gasteiger charge is 2.19. The topological polar surface area (TPSA) is 90.0 Å². The van der Waals surface area contributed by atoms with E-state index in [9.17, 15) is 0 Å². The van der Waals surface area contributed by atoms with E-state index in [-0.39, 0.29) is 0 Å². The first-order valence-electron chi connectivity index (χ1n) is 16.8. The van der Waals surface area contributed by atoms with Gasteiger partial charge in [0.2, 0.25) is 0 Å². The summed E-state index contributed by atoms with van der Waals surface area (Å²) in [7, 11) is 6.63. The Kier molecular flexibility index (Phi) is 12.3. The highest BCUT2D eigenvalue weighted by Crippen LogP contribution is 2.36. The Hall–Kier alpha value is -6.28. The van der Waals surface area contributed by atoms with E-state index in [0.717, 1.165) is 79.3 Å². The first-order valence-corrected chi connectivity index (χ1v) is 16.8. The summed E-state index contributed by atoms with van der Waals surface area (Å²) in [6.07, 6.45) is 0. The van der Waals surface area contributed by atoms with E-state index in [1.54, 1.807) is 28.4 Å². The summed E-state index contributed by atoms with van der Waals surface area (Å²) in [5.74, 6) is 3.85. The van der Waals surface area contributed by atoms with Gasteiger partial charge in [-0.15, -0.1) is 0 Å². The van der Waals surface area contributed by atoms with Crippen LogP contribution in [0.4, 0.5) is 0 Å². The van der Waals surface area contributed by atoms with Crippen molar-refractivity contribution < 1.29 is 18.9 Å².